The molecule has 0 radical (unpaired) electrons. The summed E-state index contributed by atoms with van der Waals surface area (Å²) in [5.74, 6) is 0. The number of aryl methyl sites for hydroxylation is 1. The van der Waals surface area contributed by atoms with Crippen molar-refractivity contribution in [3.05, 3.63) is 40.2 Å². The van der Waals surface area contributed by atoms with Crippen LogP contribution in [0.15, 0.2) is 29.1 Å². The molecule has 0 saturated carbocycles. The van der Waals surface area contributed by atoms with Gasteiger partial charge in [0, 0.05) is 17.1 Å². The molecular formula is C10H10N2O. The summed E-state index contributed by atoms with van der Waals surface area (Å²) >= 11 is 0. The SMILES string of the molecule is Cc1cc(=O)c2cccc(N)c2[nH]1. The number of benzene rings is 1. The fourth-order valence-corrected chi connectivity index (χ4v) is 1.42. The molecule has 2 rings (SSSR count). The van der Waals surface area contributed by atoms with E-state index >= 15 is 0 Å². The number of nitrogens with one attached hydrogen (secondary N) is 1. The maximum absolute atomic E-state index is 11.5. The first kappa shape index (κ1) is 7.86. The summed E-state index contributed by atoms with van der Waals surface area (Å²) in [4.78, 5) is 14.6. The molecule has 1 aromatic heterocycles. The van der Waals surface area contributed by atoms with Crippen LogP contribution in [0, 0.1) is 6.92 Å². The molecule has 0 saturated heterocycles. The number of pyridine rings is 1. The average Bonchev–Trinajstić information content (AvgIpc) is 2.07. The summed E-state index contributed by atoms with van der Waals surface area (Å²) in [5.41, 5.74) is 7.90. The van der Waals surface area contributed by atoms with Crippen molar-refractivity contribution in [3.8, 4) is 0 Å². The second-order valence-corrected chi connectivity index (χ2v) is 3.09. The van der Waals surface area contributed by atoms with Crippen LogP contribution in [0.3, 0.4) is 0 Å². The van der Waals surface area contributed by atoms with Gasteiger partial charge in [0.15, 0.2) is 5.43 Å². The number of nitrogen functional groups attached to an aromatic ring is 1. The number of fused-ring (bicyclic) bond motifs is 1. The fourth-order valence-electron chi connectivity index (χ4n) is 1.42. The van der Waals surface area contributed by atoms with Gasteiger partial charge in [0.25, 0.3) is 0 Å². The number of hydrogen-bond acceptors (Lipinski definition) is 2. The number of para-hydroxylation sites is 1. The first-order valence-electron chi connectivity index (χ1n) is 4.06. The number of nitrogens with two attached hydrogens (primary N) is 1. The number of H-pyrrole nitrogens is 1. The van der Waals surface area contributed by atoms with Gasteiger partial charge in [0.2, 0.25) is 0 Å². The summed E-state index contributed by atoms with van der Waals surface area (Å²) in [6.07, 6.45) is 0. The highest BCUT2D eigenvalue weighted by Crippen LogP contribution is 2.14. The fraction of sp³-hybridized carbons (Fsp3) is 0.100. The summed E-state index contributed by atoms with van der Waals surface area (Å²) < 4.78 is 0. The highest BCUT2D eigenvalue weighted by atomic mass is 16.1. The number of aromatic amines is 1. The molecule has 13 heavy (non-hydrogen) atoms. The molecule has 0 bridgehead atoms. The molecule has 3 N–H and O–H groups in total. The normalized spacial score (nSPS) is 10.5. The minimum atomic E-state index is 0.0125. The molecule has 0 atom stereocenters. The molecule has 0 aliphatic rings. The second-order valence-electron chi connectivity index (χ2n) is 3.09. The molecule has 0 fully saturated rings. The van der Waals surface area contributed by atoms with Crippen molar-refractivity contribution < 1.29 is 0 Å². The molecule has 0 unspecified atom stereocenters. The lowest BCUT2D eigenvalue weighted by Gasteiger charge is -2.02. The van der Waals surface area contributed by atoms with E-state index in [1.165, 1.54) is 0 Å². The second kappa shape index (κ2) is 2.62. The van der Waals surface area contributed by atoms with Gasteiger partial charge in [-0.2, -0.15) is 0 Å². The van der Waals surface area contributed by atoms with Gasteiger partial charge in [0.05, 0.1) is 11.2 Å². The monoisotopic (exact) mass is 174 g/mol. The Kier molecular flexibility index (Phi) is 1.59. The van der Waals surface area contributed by atoms with Crippen molar-refractivity contribution in [2.24, 2.45) is 0 Å². The van der Waals surface area contributed by atoms with E-state index in [-0.39, 0.29) is 5.43 Å². The molecule has 0 spiro atoms. The Morgan fingerprint density at radius 3 is 2.92 bits per heavy atom. The van der Waals surface area contributed by atoms with E-state index in [0.29, 0.717) is 11.1 Å². The van der Waals surface area contributed by atoms with E-state index in [9.17, 15) is 4.79 Å². The number of anilines is 1. The van der Waals surface area contributed by atoms with Crippen molar-refractivity contribution >= 4 is 16.6 Å². The summed E-state index contributed by atoms with van der Waals surface area (Å²) in [5, 5.41) is 0.644. The van der Waals surface area contributed by atoms with Crippen LogP contribution in [0.2, 0.25) is 0 Å². The van der Waals surface area contributed by atoms with Crippen molar-refractivity contribution in [2.45, 2.75) is 6.92 Å². The third kappa shape index (κ3) is 1.18. The minimum absolute atomic E-state index is 0.0125. The third-order valence-corrected chi connectivity index (χ3v) is 2.03. The van der Waals surface area contributed by atoms with Crippen LogP contribution in [-0.2, 0) is 0 Å². The van der Waals surface area contributed by atoms with Gasteiger partial charge in [-0.1, -0.05) is 6.07 Å². The third-order valence-electron chi connectivity index (χ3n) is 2.03. The van der Waals surface area contributed by atoms with Gasteiger partial charge >= 0.3 is 0 Å². The van der Waals surface area contributed by atoms with E-state index in [1.807, 2.05) is 6.92 Å². The molecule has 3 nitrogen and oxygen atoms in total. The highest BCUT2D eigenvalue weighted by molar-refractivity contribution is 5.88. The Morgan fingerprint density at radius 1 is 1.38 bits per heavy atom. The Bertz CT molecular complexity index is 514. The maximum atomic E-state index is 11.5. The van der Waals surface area contributed by atoms with Gasteiger partial charge in [-0.05, 0) is 19.1 Å². The summed E-state index contributed by atoms with van der Waals surface area (Å²) in [6.45, 7) is 1.84. The Hall–Kier alpha value is -1.77. The molecule has 1 aromatic carbocycles. The number of aromatic nitrogens is 1. The van der Waals surface area contributed by atoms with Gasteiger partial charge in [0.1, 0.15) is 0 Å². The first-order valence-corrected chi connectivity index (χ1v) is 4.06. The molecule has 0 aliphatic carbocycles. The zero-order valence-electron chi connectivity index (χ0n) is 7.29. The Morgan fingerprint density at radius 2 is 2.15 bits per heavy atom. The van der Waals surface area contributed by atoms with E-state index in [4.69, 9.17) is 5.73 Å². The zero-order chi connectivity index (χ0) is 9.42. The quantitative estimate of drug-likeness (QED) is 0.593. The minimum Gasteiger partial charge on any atom is -0.397 e. The Labute approximate surface area is 75.2 Å². The van der Waals surface area contributed by atoms with E-state index < -0.39 is 0 Å². The van der Waals surface area contributed by atoms with Crippen LogP contribution >= 0.6 is 0 Å². The van der Waals surface area contributed by atoms with E-state index in [2.05, 4.69) is 4.98 Å². The van der Waals surface area contributed by atoms with Gasteiger partial charge < -0.3 is 10.7 Å². The van der Waals surface area contributed by atoms with Crippen LogP contribution in [0.1, 0.15) is 5.69 Å². The molecule has 0 amide bonds. The van der Waals surface area contributed by atoms with Crippen LogP contribution in [0.4, 0.5) is 5.69 Å². The van der Waals surface area contributed by atoms with Gasteiger partial charge in [-0.25, -0.2) is 0 Å². The van der Waals surface area contributed by atoms with Crippen LogP contribution in [0.25, 0.3) is 10.9 Å². The van der Waals surface area contributed by atoms with Crippen molar-refractivity contribution in [1.29, 1.82) is 0 Å². The number of rotatable bonds is 0. The molecule has 0 aliphatic heterocycles. The van der Waals surface area contributed by atoms with Crippen LogP contribution in [0.5, 0.6) is 0 Å². The predicted octanol–water partition coefficient (Wildman–Crippen LogP) is 1.42. The average molecular weight is 174 g/mol. The lowest BCUT2D eigenvalue weighted by atomic mass is 10.2. The largest absolute Gasteiger partial charge is 0.397 e. The maximum Gasteiger partial charge on any atom is 0.189 e. The van der Waals surface area contributed by atoms with Crippen molar-refractivity contribution in [1.82, 2.24) is 4.98 Å². The standard InChI is InChI=1S/C10H10N2O/c1-6-5-9(13)7-3-2-4-8(11)10(7)12-6/h2-5H,11H2,1H3,(H,12,13). The molecule has 2 aromatic rings. The van der Waals surface area contributed by atoms with E-state index in [1.54, 1.807) is 24.3 Å². The summed E-state index contributed by atoms with van der Waals surface area (Å²) in [6, 6.07) is 6.89. The van der Waals surface area contributed by atoms with E-state index in [0.717, 1.165) is 11.2 Å². The smallest absolute Gasteiger partial charge is 0.189 e. The van der Waals surface area contributed by atoms with Gasteiger partial charge in [-0.15, -0.1) is 0 Å². The Balaban J connectivity index is 3.03. The molecule has 3 heteroatoms. The molecular weight excluding hydrogens is 164 g/mol. The van der Waals surface area contributed by atoms with Crippen LogP contribution < -0.4 is 11.2 Å². The lowest BCUT2D eigenvalue weighted by molar-refractivity contribution is 1.24. The highest BCUT2D eigenvalue weighted by Gasteiger charge is 2.01. The van der Waals surface area contributed by atoms with Crippen molar-refractivity contribution in [2.75, 3.05) is 5.73 Å². The molecule has 1 heterocycles. The first-order chi connectivity index (χ1) is 6.18. The number of hydrogen-bond donors (Lipinski definition) is 2. The summed E-state index contributed by atoms with van der Waals surface area (Å²) in [7, 11) is 0. The van der Waals surface area contributed by atoms with Crippen molar-refractivity contribution in [3.63, 3.8) is 0 Å². The predicted molar refractivity (Wildman–Crippen MR) is 53.7 cm³/mol. The topological polar surface area (TPSA) is 58.9 Å². The lowest BCUT2D eigenvalue weighted by Crippen LogP contribution is -2.04. The van der Waals surface area contributed by atoms with Gasteiger partial charge in [-0.3, -0.25) is 4.79 Å². The molecule has 66 valence electrons. The zero-order valence-corrected chi connectivity index (χ0v) is 7.29. The van der Waals surface area contributed by atoms with Crippen LogP contribution in [-0.4, -0.2) is 4.98 Å².